The number of carbonyl (C=O) groups is 1. The van der Waals surface area contributed by atoms with Crippen LogP contribution < -0.4 is 0 Å². The van der Waals surface area contributed by atoms with Crippen LogP contribution in [0, 0.1) is 0 Å². The smallest absolute Gasteiger partial charge is 0.302 e. The van der Waals surface area contributed by atoms with Crippen LogP contribution in [0.2, 0.25) is 0 Å². The van der Waals surface area contributed by atoms with Crippen LogP contribution in [0.25, 0.3) is 0 Å². The van der Waals surface area contributed by atoms with Crippen LogP contribution >= 0.6 is 0 Å². The molecule has 4 heteroatoms. The van der Waals surface area contributed by atoms with Crippen LogP contribution in [0.1, 0.15) is 38.6 Å². The molecule has 2 atom stereocenters. The average molecular weight is 208 g/mol. The number of aromatic nitrogens is 2. The second-order valence-corrected chi connectivity index (χ2v) is 3.99. The molecule has 1 aliphatic rings. The van der Waals surface area contributed by atoms with Crippen molar-refractivity contribution >= 4 is 5.97 Å². The van der Waals surface area contributed by atoms with Crippen LogP contribution in [0.15, 0.2) is 18.5 Å². The molecule has 4 nitrogen and oxygen atoms in total. The van der Waals surface area contributed by atoms with E-state index in [1.165, 1.54) is 13.3 Å². The van der Waals surface area contributed by atoms with Gasteiger partial charge in [0.15, 0.2) is 0 Å². The van der Waals surface area contributed by atoms with E-state index in [2.05, 4.69) is 5.10 Å². The maximum Gasteiger partial charge on any atom is 0.302 e. The summed E-state index contributed by atoms with van der Waals surface area (Å²) in [5, 5.41) is 4.22. The highest BCUT2D eigenvalue weighted by Crippen LogP contribution is 2.30. The molecule has 0 spiro atoms. The van der Waals surface area contributed by atoms with E-state index in [0.29, 0.717) is 0 Å². The molecule has 1 aliphatic carbocycles. The lowest BCUT2D eigenvalue weighted by Gasteiger charge is -2.30. The van der Waals surface area contributed by atoms with Gasteiger partial charge in [-0.25, -0.2) is 0 Å². The second-order valence-electron chi connectivity index (χ2n) is 3.99. The molecule has 15 heavy (non-hydrogen) atoms. The summed E-state index contributed by atoms with van der Waals surface area (Å²) in [6.07, 6.45) is 8.00. The molecule has 82 valence electrons. The van der Waals surface area contributed by atoms with Gasteiger partial charge in [-0.05, 0) is 25.3 Å². The summed E-state index contributed by atoms with van der Waals surface area (Å²) in [7, 11) is 0. The summed E-state index contributed by atoms with van der Waals surface area (Å²) < 4.78 is 7.24. The minimum atomic E-state index is -0.195. The zero-order chi connectivity index (χ0) is 10.7. The predicted molar refractivity (Wildman–Crippen MR) is 55.3 cm³/mol. The third-order valence-corrected chi connectivity index (χ3v) is 2.85. The predicted octanol–water partition coefficient (Wildman–Crippen LogP) is 1.93. The van der Waals surface area contributed by atoms with Crippen molar-refractivity contribution < 1.29 is 9.53 Å². The van der Waals surface area contributed by atoms with Crippen molar-refractivity contribution in [2.75, 3.05) is 0 Å². The van der Waals surface area contributed by atoms with Gasteiger partial charge in [-0.15, -0.1) is 0 Å². The highest BCUT2D eigenvalue weighted by molar-refractivity contribution is 5.66. The normalized spacial score (nSPS) is 26.2. The van der Waals surface area contributed by atoms with Crippen molar-refractivity contribution in [2.45, 2.75) is 44.8 Å². The first-order chi connectivity index (χ1) is 7.27. The van der Waals surface area contributed by atoms with E-state index in [0.717, 1.165) is 19.3 Å². The van der Waals surface area contributed by atoms with Gasteiger partial charge >= 0.3 is 5.97 Å². The Labute approximate surface area is 89.2 Å². The Morgan fingerprint density at radius 1 is 1.47 bits per heavy atom. The van der Waals surface area contributed by atoms with Crippen LogP contribution in [0.4, 0.5) is 0 Å². The van der Waals surface area contributed by atoms with Gasteiger partial charge in [0, 0.05) is 19.3 Å². The van der Waals surface area contributed by atoms with E-state index < -0.39 is 0 Å². The van der Waals surface area contributed by atoms with Crippen LogP contribution in [0.5, 0.6) is 0 Å². The lowest BCUT2D eigenvalue weighted by atomic mass is 9.92. The fourth-order valence-corrected chi connectivity index (χ4v) is 2.21. The van der Waals surface area contributed by atoms with Crippen LogP contribution in [0.3, 0.4) is 0 Å². The van der Waals surface area contributed by atoms with Crippen molar-refractivity contribution in [1.29, 1.82) is 0 Å². The molecule has 1 heterocycles. The van der Waals surface area contributed by atoms with Gasteiger partial charge in [-0.3, -0.25) is 9.48 Å². The minimum Gasteiger partial charge on any atom is -0.460 e. The summed E-state index contributed by atoms with van der Waals surface area (Å²) in [6, 6.07) is 2.12. The number of rotatable bonds is 2. The maximum atomic E-state index is 11.0. The Morgan fingerprint density at radius 3 is 2.93 bits per heavy atom. The number of hydrogen-bond acceptors (Lipinski definition) is 3. The van der Waals surface area contributed by atoms with Crippen LogP contribution in [-0.4, -0.2) is 21.9 Å². The molecule has 0 N–H and O–H groups in total. The molecule has 1 saturated carbocycles. The molecule has 0 bridgehead atoms. The fraction of sp³-hybridized carbons (Fsp3) is 0.636. The number of hydrogen-bond donors (Lipinski definition) is 0. The summed E-state index contributed by atoms with van der Waals surface area (Å²) >= 11 is 0. The quantitative estimate of drug-likeness (QED) is 0.697. The minimum absolute atomic E-state index is 0.00356. The molecule has 0 amide bonds. The Balaban J connectivity index is 2.09. The number of esters is 1. The number of nitrogens with zero attached hydrogens (tertiary/aromatic N) is 2. The van der Waals surface area contributed by atoms with Crippen molar-refractivity contribution in [2.24, 2.45) is 0 Å². The highest BCUT2D eigenvalue weighted by atomic mass is 16.5. The highest BCUT2D eigenvalue weighted by Gasteiger charge is 2.28. The van der Waals surface area contributed by atoms with E-state index in [9.17, 15) is 4.79 Å². The van der Waals surface area contributed by atoms with Gasteiger partial charge in [-0.1, -0.05) is 6.42 Å². The fourth-order valence-electron chi connectivity index (χ4n) is 2.21. The van der Waals surface area contributed by atoms with Gasteiger partial charge in [-0.2, -0.15) is 5.10 Å². The summed E-state index contributed by atoms with van der Waals surface area (Å²) in [5.74, 6) is -0.195. The van der Waals surface area contributed by atoms with Crippen molar-refractivity contribution in [3.05, 3.63) is 18.5 Å². The van der Waals surface area contributed by atoms with Gasteiger partial charge in [0.05, 0.1) is 6.04 Å². The molecule has 1 aromatic heterocycles. The summed E-state index contributed by atoms with van der Waals surface area (Å²) in [4.78, 5) is 11.0. The van der Waals surface area contributed by atoms with E-state index in [1.807, 2.05) is 16.9 Å². The van der Waals surface area contributed by atoms with E-state index in [1.54, 1.807) is 6.20 Å². The number of carbonyl (C=O) groups excluding carboxylic acids is 1. The molecular weight excluding hydrogens is 192 g/mol. The molecule has 0 aliphatic heterocycles. The summed E-state index contributed by atoms with van der Waals surface area (Å²) in [5.41, 5.74) is 0. The average Bonchev–Trinajstić information content (AvgIpc) is 2.70. The Hall–Kier alpha value is -1.32. The van der Waals surface area contributed by atoms with Crippen molar-refractivity contribution in [3.8, 4) is 0 Å². The van der Waals surface area contributed by atoms with Gasteiger partial charge < -0.3 is 4.74 Å². The van der Waals surface area contributed by atoms with E-state index in [4.69, 9.17) is 4.74 Å². The molecule has 1 fully saturated rings. The lowest BCUT2D eigenvalue weighted by molar-refractivity contribution is -0.150. The largest absolute Gasteiger partial charge is 0.460 e. The lowest BCUT2D eigenvalue weighted by Crippen LogP contribution is -2.31. The molecule has 1 aromatic rings. The van der Waals surface area contributed by atoms with Crippen molar-refractivity contribution in [1.82, 2.24) is 9.78 Å². The first kappa shape index (κ1) is 10.2. The SMILES string of the molecule is CC(=O)O[C@@H]1CCCC[C@H]1n1cccn1. The van der Waals surface area contributed by atoms with Gasteiger partial charge in [0.2, 0.25) is 0 Å². The Kier molecular flexibility index (Phi) is 3.04. The third kappa shape index (κ3) is 2.37. The molecule has 2 rings (SSSR count). The van der Waals surface area contributed by atoms with Crippen LogP contribution in [-0.2, 0) is 9.53 Å². The molecule has 0 unspecified atom stereocenters. The molecule has 0 aromatic carbocycles. The zero-order valence-electron chi connectivity index (χ0n) is 8.93. The second kappa shape index (κ2) is 4.47. The standard InChI is InChI=1S/C11H16N2O2/c1-9(14)15-11-6-3-2-5-10(11)13-8-4-7-12-13/h4,7-8,10-11H,2-3,5-6H2,1H3/t10-,11-/m1/s1. The topological polar surface area (TPSA) is 44.1 Å². The van der Waals surface area contributed by atoms with Crippen molar-refractivity contribution in [3.63, 3.8) is 0 Å². The Morgan fingerprint density at radius 2 is 2.27 bits per heavy atom. The van der Waals surface area contributed by atoms with E-state index >= 15 is 0 Å². The Bertz CT molecular complexity index is 321. The maximum absolute atomic E-state index is 11.0. The number of ether oxygens (including phenoxy) is 1. The van der Waals surface area contributed by atoms with Gasteiger partial charge in [0.25, 0.3) is 0 Å². The third-order valence-electron chi connectivity index (χ3n) is 2.85. The molecular formula is C11H16N2O2. The van der Waals surface area contributed by atoms with E-state index in [-0.39, 0.29) is 18.1 Å². The molecule has 0 saturated heterocycles. The monoisotopic (exact) mass is 208 g/mol. The first-order valence-electron chi connectivity index (χ1n) is 5.44. The first-order valence-corrected chi connectivity index (χ1v) is 5.44. The zero-order valence-corrected chi connectivity index (χ0v) is 8.93. The van der Waals surface area contributed by atoms with Gasteiger partial charge in [0.1, 0.15) is 6.10 Å². The molecule has 0 radical (unpaired) electrons. The summed E-state index contributed by atoms with van der Waals surface area (Å²) in [6.45, 7) is 1.47.